The molecule has 0 saturated heterocycles. The van der Waals surface area contributed by atoms with Crippen molar-refractivity contribution in [3.63, 3.8) is 0 Å². The molecule has 0 aliphatic rings. The van der Waals surface area contributed by atoms with Crippen LogP contribution >= 0.6 is 27.5 Å². The molecule has 2 rings (SSSR count). The van der Waals surface area contributed by atoms with Crippen molar-refractivity contribution >= 4 is 39.3 Å². The molecule has 2 amide bonds. The van der Waals surface area contributed by atoms with Crippen LogP contribution in [0.2, 0.25) is 5.02 Å². The van der Waals surface area contributed by atoms with Crippen LogP contribution in [0.3, 0.4) is 0 Å². The fourth-order valence-electron chi connectivity index (χ4n) is 3.05. The highest BCUT2D eigenvalue weighted by molar-refractivity contribution is 9.10. The average Bonchev–Trinajstić information content (AvgIpc) is 2.76. The number of carbonyl (C=O) groups is 2. The van der Waals surface area contributed by atoms with Crippen LogP contribution in [-0.2, 0) is 16.1 Å². The van der Waals surface area contributed by atoms with Gasteiger partial charge in [0, 0.05) is 17.6 Å². The number of carbonyl (C=O) groups excluding carboxylic acids is 2. The van der Waals surface area contributed by atoms with Gasteiger partial charge in [0.15, 0.2) is 6.61 Å². The van der Waals surface area contributed by atoms with Crippen molar-refractivity contribution in [1.82, 2.24) is 10.2 Å². The smallest absolute Gasteiger partial charge is 0.261 e. The molecule has 5 nitrogen and oxygen atoms in total. The third-order valence-electron chi connectivity index (χ3n) is 5.41. The van der Waals surface area contributed by atoms with E-state index in [1.54, 1.807) is 19.1 Å². The van der Waals surface area contributed by atoms with Crippen molar-refractivity contribution in [2.24, 2.45) is 0 Å². The molecule has 0 radical (unpaired) electrons. The van der Waals surface area contributed by atoms with E-state index in [2.05, 4.69) is 35.1 Å². The lowest BCUT2D eigenvalue weighted by atomic mass is 10.0. The molecule has 0 unspecified atom stereocenters. The van der Waals surface area contributed by atoms with Crippen LogP contribution < -0.4 is 10.1 Å². The molecule has 0 saturated carbocycles. The van der Waals surface area contributed by atoms with Gasteiger partial charge in [-0.15, -0.1) is 0 Å². The van der Waals surface area contributed by atoms with Gasteiger partial charge >= 0.3 is 0 Å². The van der Waals surface area contributed by atoms with Crippen molar-refractivity contribution in [2.75, 3.05) is 6.61 Å². The summed E-state index contributed by atoms with van der Waals surface area (Å²) in [6.07, 6.45) is 0.813. The molecule has 2 aromatic rings. The molecule has 0 aliphatic heterocycles. The number of halogens is 2. The number of amides is 2. The highest BCUT2D eigenvalue weighted by atomic mass is 79.9. The predicted octanol–water partition coefficient (Wildman–Crippen LogP) is 5.94. The zero-order valence-corrected chi connectivity index (χ0v) is 21.7. The lowest BCUT2D eigenvalue weighted by molar-refractivity contribution is -0.142. The lowest BCUT2D eigenvalue weighted by Gasteiger charge is -2.29. The zero-order chi connectivity index (χ0) is 23.8. The Morgan fingerprint density at radius 1 is 1.09 bits per heavy atom. The average molecular weight is 524 g/mol. The highest BCUT2D eigenvalue weighted by Gasteiger charge is 2.27. The zero-order valence-electron chi connectivity index (χ0n) is 19.3. The summed E-state index contributed by atoms with van der Waals surface area (Å²) < 4.78 is 6.61. The van der Waals surface area contributed by atoms with Crippen molar-refractivity contribution in [2.45, 2.75) is 65.6 Å². The third-order valence-corrected chi connectivity index (χ3v) is 6.28. The molecule has 0 heterocycles. The van der Waals surface area contributed by atoms with Gasteiger partial charge < -0.3 is 15.0 Å². The van der Waals surface area contributed by atoms with E-state index in [0.29, 0.717) is 16.7 Å². The molecule has 2 aromatic carbocycles. The summed E-state index contributed by atoms with van der Waals surface area (Å²) in [5.41, 5.74) is 2.06. The highest BCUT2D eigenvalue weighted by Crippen LogP contribution is 2.29. The summed E-state index contributed by atoms with van der Waals surface area (Å²) in [6.45, 7) is 10.0. The topological polar surface area (TPSA) is 58.6 Å². The van der Waals surface area contributed by atoms with Crippen LogP contribution in [0.4, 0.5) is 0 Å². The molecule has 0 aromatic heterocycles. The number of nitrogens with one attached hydrogen (secondary N) is 1. The minimum Gasteiger partial charge on any atom is -0.483 e. The Kier molecular flexibility index (Phi) is 10.0. The van der Waals surface area contributed by atoms with Crippen molar-refractivity contribution in [3.8, 4) is 5.75 Å². The Labute approximate surface area is 204 Å². The van der Waals surface area contributed by atoms with Gasteiger partial charge in [0.25, 0.3) is 5.91 Å². The van der Waals surface area contributed by atoms with Gasteiger partial charge in [0.05, 0.1) is 4.47 Å². The summed E-state index contributed by atoms with van der Waals surface area (Å²) in [6, 6.07) is 12.5. The van der Waals surface area contributed by atoms with Gasteiger partial charge in [0.1, 0.15) is 11.8 Å². The molecule has 174 valence electrons. The number of nitrogens with zero attached hydrogens (tertiary/aromatic N) is 1. The van der Waals surface area contributed by atoms with Gasteiger partial charge in [-0.25, -0.2) is 0 Å². The first-order chi connectivity index (χ1) is 15.1. The molecule has 0 spiro atoms. The Hall–Kier alpha value is -2.05. The molecular weight excluding hydrogens is 492 g/mol. The molecule has 7 heteroatoms. The molecule has 0 aliphatic carbocycles. The maximum atomic E-state index is 13.2. The second-order valence-corrected chi connectivity index (χ2v) is 9.57. The summed E-state index contributed by atoms with van der Waals surface area (Å²) in [5, 5.41) is 3.57. The fourth-order valence-corrected chi connectivity index (χ4v) is 3.69. The van der Waals surface area contributed by atoms with E-state index in [1.807, 2.05) is 44.2 Å². The predicted molar refractivity (Wildman–Crippen MR) is 133 cm³/mol. The van der Waals surface area contributed by atoms with E-state index in [0.717, 1.165) is 16.5 Å². The molecule has 32 heavy (non-hydrogen) atoms. The maximum Gasteiger partial charge on any atom is 0.261 e. The van der Waals surface area contributed by atoms with E-state index in [4.69, 9.17) is 16.3 Å². The summed E-state index contributed by atoms with van der Waals surface area (Å²) in [5.74, 6) is 0.517. The monoisotopic (exact) mass is 522 g/mol. The first-order valence-corrected chi connectivity index (χ1v) is 12.1. The van der Waals surface area contributed by atoms with E-state index in [9.17, 15) is 9.59 Å². The van der Waals surface area contributed by atoms with Crippen LogP contribution in [0.25, 0.3) is 0 Å². The second-order valence-electron chi connectivity index (χ2n) is 8.28. The first kappa shape index (κ1) is 26.2. The van der Waals surface area contributed by atoms with Crippen LogP contribution in [0.1, 0.15) is 58.1 Å². The number of hydrogen-bond donors (Lipinski definition) is 1. The van der Waals surface area contributed by atoms with Gasteiger partial charge in [-0.1, -0.05) is 50.6 Å². The Morgan fingerprint density at radius 3 is 2.31 bits per heavy atom. The first-order valence-electron chi connectivity index (χ1n) is 10.9. The lowest BCUT2D eigenvalue weighted by Crippen LogP contribution is -2.50. The van der Waals surface area contributed by atoms with E-state index >= 15 is 0 Å². The minimum atomic E-state index is -0.650. The largest absolute Gasteiger partial charge is 0.483 e. The third kappa shape index (κ3) is 7.52. The van der Waals surface area contributed by atoms with Crippen LogP contribution in [0.5, 0.6) is 5.75 Å². The van der Waals surface area contributed by atoms with E-state index in [1.165, 1.54) is 10.5 Å². The Balaban J connectivity index is 2.17. The van der Waals surface area contributed by atoms with Gasteiger partial charge in [-0.2, -0.15) is 0 Å². The maximum absolute atomic E-state index is 13.2. The normalized spacial score (nSPS) is 12.9. The number of ether oxygens (including phenoxy) is 1. The van der Waals surface area contributed by atoms with Crippen molar-refractivity contribution < 1.29 is 14.3 Å². The second kappa shape index (κ2) is 12.3. The SMILES string of the molecule is CC[C@@H](C)NC(=O)[C@@H](C)N(Cc1ccc(Cl)cc1)C(=O)COc1ccc(C(C)C)cc1Br. The standard InChI is InChI=1S/C25H32BrClN2O3/c1-6-17(4)28-25(31)18(5)29(14-19-7-10-21(27)11-8-19)24(30)15-32-23-12-9-20(16(2)3)13-22(23)26/h7-13,16-18H,6,14-15H2,1-5H3,(H,28,31)/t17-,18-/m1/s1. The van der Waals surface area contributed by atoms with Crippen molar-refractivity contribution in [1.29, 1.82) is 0 Å². The van der Waals surface area contributed by atoms with Crippen LogP contribution in [-0.4, -0.2) is 35.4 Å². The Morgan fingerprint density at radius 2 is 1.75 bits per heavy atom. The Bertz CT molecular complexity index is 918. The number of benzene rings is 2. The van der Waals surface area contributed by atoms with Crippen LogP contribution in [0.15, 0.2) is 46.9 Å². The van der Waals surface area contributed by atoms with E-state index in [-0.39, 0.29) is 31.0 Å². The summed E-state index contributed by atoms with van der Waals surface area (Å²) >= 11 is 9.51. The minimum absolute atomic E-state index is 0.0316. The fraction of sp³-hybridized carbons (Fsp3) is 0.440. The molecule has 0 fully saturated rings. The van der Waals surface area contributed by atoms with Gasteiger partial charge in [0.2, 0.25) is 5.91 Å². The van der Waals surface area contributed by atoms with Gasteiger partial charge in [-0.3, -0.25) is 9.59 Å². The molecular formula is C25H32BrClN2O3. The molecule has 2 atom stereocenters. The van der Waals surface area contributed by atoms with Gasteiger partial charge in [-0.05, 0) is 77.5 Å². The quantitative estimate of drug-likeness (QED) is 0.419. The number of rotatable bonds is 10. The molecule has 0 bridgehead atoms. The van der Waals surface area contributed by atoms with Crippen molar-refractivity contribution in [3.05, 3.63) is 63.1 Å². The molecule has 1 N–H and O–H groups in total. The summed E-state index contributed by atoms with van der Waals surface area (Å²) in [4.78, 5) is 27.5. The number of hydrogen-bond acceptors (Lipinski definition) is 3. The summed E-state index contributed by atoms with van der Waals surface area (Å²) in [7, 11) is 0. The van der Waals surface area contributed by atoms with E-state index < -0.39 is 6.04 Å². The van der Waals surface area contributed by atoms with Crippen LogP contribution in [0, 0.1) is 0 Å².